The molecule has 0 aromatic carbocycles. The van der Waals surface area contributed by atoms with E-state index in [2.05, 4.69) is 10.4 Å². The minimum Gasteiger partial charge on any atom is -0.490 e. The van der Waals surface area contributed by atoms with Crippen molar-refractivity contribution in [1.82, 2.24) is 15.1 Å². The van der Waals surface area contributed by atoms with E-state index in [1.807, 2.05) is 0 Å². The molecule has 1 aliphatic heterocycles. The molecule has 2 N–H and O–H groups in total. The third-order valence-corrected chi connectivity index (χ3v) is 2.55. The van der Waals surface area contributed by atoms with Crippen LogP contribution in [-0.4, -0.2) is 40.6 Å². The van der Waals surface area contributed by atoms with Gasteiger partial charge in [0.25, 0.3) is 0 Å². The van der Waals surface area contributed by atoms with Crippen LogP contribution in [-0.2, 0) is 11.3 Å². The summed E-state index contributed by atoms with van der Waals surface area (Å²) in [6.07, 6.45) is 4.28. The Morgan fingerprint density at radius 1 is 1.75 bits per heavy atom. The Kier molecular flexibility index (Phi) is 3.40. The van der Waals surface area contributed by atoms with Crippen LogP contribution in [0.2, 0.25) is 0 Å². The van der Waals surface area contributed by atoms with Crippen LogP contribution in [0.1, 0.15) is 6.42 Å². The van der Waals surface area contributed by atoms with Gasteiger partial charge in [0, 0.05) is 12.5 Å². The molecule has 0 spiro atoms. The lowest BCUT2D eigenvalue weighted by atomic mass is 10.1. The van der Waals surface area contributed by atoms with Crippen molar-refractivity contribution in [1.29, 1.82) is 0 Å². The Morgan fingerprint density at radius 2 is 2.62 bits per heavy atom. The fraction of sp³-hybridized carbons (Fsp3) is 0.600. The van der Waals surface area contributed by atoms with Gasteiger partial charge in [0.2, 0.25) is 0 Å². The monoisotopic (exact) mass is 225 g/mol. The highest BCUT2D eigenvalue weighted by Crippen LogP contribution is 2.13. The smallest absolute Gasteiger partial charge is 0.325 e. The Labute approximate surface area is 93.2 Å². The Morgan fingerprint density at radius 3 is 3.31 bits per heavy atom. The third kappa shape index (κ3) is 2.96. The first-order valence-corrected chi connectivity index (χ1v) is 5.32. The van der Waals surface area contributed by atoms with Crippen LogP contribution in [0.5, 0.6) is 5.75 Å². The van der Waals surface area contributed by atoms with Crippen molar-refractivity contribution in [3.8, 4) is 5.75 Å². The number of ether oxygens (including phenoxy) is 1. The topological polar surface area (TPSA) is 76.4 Å². The zero-order chi connectivity index (χ0) is 11.4. The molecule has 1 atom stereocenters. The molecule has 2 rings (SSSR count). The van der Waals surface area contributed by atoms with Gasteiger partial charge in [0.1, 0.15) is 6.54 Å². The Balaban J connectivity index is 1.80. The standard InChI is InChI=1S/C10H15N3O3/c14-10(15)6-13-5-9(4-12-13)16-7-8-1-2-11-3-8/h4-5,8,11H,1-3,6-7H2,(H,14,15). The van der Waals surface area contributed by atoms with E-state index in [9.17, 15) is 4.79 Å². The fourth-order valence-electron chi connectivity index (χ4n) is 1.71. The molecule has 1 saturated heterocycles. The van der Waals surface area contributed by atoms with E-state index in [0.29, 0.717) is 18.3 Å². The van der Waals surface area contributed by atoms with Gasteiger partial charge in [0.05, 0.1) is 19.0 Å². The summed E-state index contributed by atoms with van der Waals surface area (Å²) in [7, 11) is 0. The van der Waals surface area contributed by atoms with Gasteiger partial charge >= 0.3 is 5.97 Å². The number of carboxylic acid groups (broad SMARTS) is 1. The second kappa shape index (κ2) is 4.98. The molecule has 1 aliphatic rings. The van der Waals surface area contributed by atoms with E-state index >= 15 is 0 Å². The second-order valence-corrected chi connectivity index (χ2v) is 3.94. The van der Waals surface area contributed by atoms with E-state index in [1.54, 1.807) is 12.4 Å². The summed E-state index contributed by atoms with van der Waals surface area (Å²) < 4.78 is 6.89. The lowest BCUT2D eigenvalue weighted by Crippen LogP contribution is -2.15. The third-order valence-electron chi connectivity index (χ3n) is 2.55. The maximum Gasteiger partial charge on any atom is 0.325 e. The van der Waals surface area contributed by atoms with Crippen LogP contribution in [0.3, 0.4) is 0 Å². The summed E-state index contributed by atoms with van der Waals surface area (Å²) in [5.74, 6) is 0.269. The van der Waals surface area contributed by atoms with E-state index in [4.69, 9.17) is 9.84 Å². The summed E-state index contributed by atoms with van der Waals surface area (Å²) in [5.41, 5.74) is 0. The molecule has 6 heteroatoms. The number of hydrogen-bond donors (Lipinski definition) is 2. The van der Waals surface area contributed by atoms with E-state index in [-0.39, 0.29) is 6.54 Å². The van der Waals surface area contributed by atoms with Gasteiger partial charge < -0.3 is 15.2 Å². The maximum atomic E-state index is 10.4. The van der Waals surface area contributed by atoms with Gasteiger partial charge in [-0.2, -0.15) is 5.10 Å². The molecule has 0 bridgehead atoms. The highest BCUT2D eigenvalue weighted by Gasteiger charge is 2.15. The molecule has 1 aromatic heterocycles. The predicted octanol–water partition coefficient (Wildman–Crippen LogP) is -0.0440. The van der Waals surface area contributed by atoms with Gasteiger partial charge in [-0.25, -0.2) is 0 Å². The molecule has 1 aromatic rings. The maximum absolute atomic E-state index is 10.4. The van der Waals surface area contributed by atoms with Crippen LogP contribution < -0.4 is 10.1 Å². The number of aromatic nitrogens is 2. The van der Waals surface area contributed by atoms with Crippen LogP contribution in [0, 0.1) is 5.92 Å². The average Bonchev–Trinajstić information content (AvgIpc) is 2.84. The van der Waals surface area contributed by atoms with E-state index < -0.39 is 5.97 Å². The molecule has 1 unspecified atom stereocenters. The largest absolute Gasteiger partial charge is 0.490 e. The molecule has 2 heterocycles. The summed E-state index contributed by atoms with van der Waals surface area (Å²) in [6, 6.07) is 0. The van der Waals surface area contributed by atoms with Crippen LogP contribution in [0.25, 0.3) is 0 Å². The van der Waals surface area contributed by atoms with Gasteiger partial charge in [0.15, 0.2) is 5.75 Å². The lowest BCUT2D eigenvalue weighted by molar-refractivity contribution is -0.137. The SMILES string of the molecule is O=C(O)Cn1cc(OCC2CCNC2)cn1. The van der Waals surface area contributed by atoms with Crippen molar-refractivity contribution in [2.75, 3.05) is 19.7 Å². The van der Waals surface area contributed by atoms with E-state index in [0.717, 1.165) is 19.5 Å². The highest BCUT2D eigenvalue weighted by molar-refractivity contribution is 5.66. The first kappa shape index (κ1) is 10.9. The zero-order valence-electron chi connectivity index (χ0n) is 8.93. The highest BCUT2D eigenvalue weighted by atomic mass is 16.5. The summed E-state index contributed by atoms with van der Waals surface area (Å²) in [4.78, 5) is 10.4. The van der Waals surface area contributed by atoms with Gasteiger partial charge in [-0.15, -0.1) is 0 Å². The van der Waals surface area contributed by atoms with Crippen LogP contribution in [0.15, 0.2) is 12.4 Å². The average molecular weight is 225 g/mol. The molecule has 0 saturated carbocycles. The quantitative estimate of drug-likeness (QED) is 0.735. The number of aliphatic carboxylic acids is 1. The first-order chi connectivity index (χ1) is 7.74. The summed E-state index contributed by atoms with van der Waals surface area (Å²) in [6.45, 7) is 2.57. The zero-order valence-corrected chi connectivity index (χ0v) is 8.93. The van der Waals surface area contributed by atoms with Crippen molar-refractivity contribution in [3.05, 3.63) is 12.4 Å². The lowest BCUT2D eigenvalue weighted by Gasteiger charge is -2.08. The first-order valence-electron chi connectivity index (χ1n) is 5.32. The molecule has 6 nitrogen and oxygen atoms in total. The molecule has 1 fully saturated rings. The van der Waals surface area contributed by atoms with Crippen molar-refractivity contribution >= 4 is 5.97 Å². The minimum atomic E-state index is -0.908. The van der Waals surface area contributed by atoms with Crippen molar-refractivity contribution < 1.29 is 14.6 Å². The molecule has 0 amide bonds. The number of carboxylic acids is 1. The van der Waals surface area contributed by atoms with E-state index in [1.165, 1.54) is 4.68 Å². The fourth-order valence-corrected chi connectivity index (χ4v) is 1.71. The van der Waals surface area contributed by atoms with Gasteiger partial charge in [-0.1, -0.05) is 0 Å². The van der Waals surface area contributed by atoms with Gasteiger partial charge in [-0.3, -0.25) is 9.48 Å². The Bertz CT molecular complexity index is 358. The minimum absolute atomic E-state index is 0.131. The number of nitrogens with zero attached hydrogens (tertiary/aromatic N) is 2. The summed E-state index contributed by atoms with van der Waals surface area (Å²) >= 11 is 0. The normalized spacial score (nSPS) is 19.9. The van der Waals surface area contributed by atoms with Crippen LogP contribution in [0.4, 0.5) is 0 Å². The number of nitrogens with one attached hydrogen (secondary N) is 1. The van der Waals surface area contributed by atoms with Crippen LogP contribution >= 0.6 is 0 Å². The van der Waals surface area contributed by atoms with Crippen molar-refractivity contribution in [3.63, 3.8) is 0 Å². The predicted molar refractivity (Wildman–Crippen MR) is 56.3 cm³/mol. The number of hydrogen-bond acceptors (Lipinski definition) is 4. The molecule has 16 heavy (non-hydrogen) atoms. The Hall–Kier alpha value is -1.56. The second-order valence-electron chi connectivity index (χ2n) is 3.94. The molecular weight excluding hydrogens is 210 g/mol. The molecule has 0 aliphatic carbocycles. The molecule has 88 valence electrons. The number of rotatable bonds is 5. The molecule has 0 radical (unpaired) electrons. The molecular formula is C10H15N3O3. The number of carbonyl (C=O) groups is 1. The summed E-state index contributed by atoms with van der Waals surface area (Å²) in [5, 5.41) is 15.7. The van der Waals surface area contributed by atoms with Crippen molar-refractivity contribution in [2.24, 2.45) is 5.92 Å². The van der Waals surface area contributed by atoms with Crippen molar-refractivity contribution in [2.45, 2.75) is 13.0 Å². The van der Waals surface area contributed by atoms with Gasteiger partial charge in [-0.05, 0) is 13.0 Å².